The van der Waals surface area contributed by atoms with Crippen LogP contribution in [-0.4, -0.2) is 36.5 Å². The van der Waals surface area contributed by atoms with Crippen molar-refractivity contribution in [2.45, 2.75) is 32.6 Å². The number of carbonyl (C=O) groups excluding carboxylic acids is 3. The molecule has 0 aromatic rings. The number of carbonyl (C=O) groups is 3. The van der Waals surface area contributed by atoms with E-state index in [1.165, 1.54) is 0 Å². The first kappa shape index (κ1) is 14.1. The van der Waals surface area contributed by atoms with E-state index in [1.54, 1.807) is 0 Å². The second-order valence-electron chi connectivity index (χ2n) is 3.95. The third-order valence-electron chi connectivity index (χ3n) is 2.38. The van der Waals surface area contributed by atoms with Crippen molar-refractivity contribution in [3.05, 3.63) is 0 Å². The highest BCUT2D eigenvalue weighted by molar-refractivity contribution is 6.39. The maximum atomic E-state index is 11.6. The minimum Gasteiger partial charge on any atom is -0.356 e. The molecule has 0 saturated heterocycles. The molecule has 7 heteroatoms. The molecule has 1 aliphatic rings. The van der Waals surface area contributed by atoms with Crippen LogP contribution in [0.2, 0.25) is 0 Å². The summed E-state index contributed by atoms with van der Waals surface area (Å²) in [5.74, 6) is -0.611. The summed E-state index contributed by atoms with van der Waals surface area (Å²) in [6, 6.07) is 0. The highest BCUT2D eigenvalue weighted by atomic mass is 16.2. The summed E-state index contributed by atoms with van der Waals surface area (Å²) in [6.07, 6.45) is 1.73. The smallest absolute Gasteiger partial charge is 0.267 e. The Morgan fingerprint density at radius 3 is 2.67 bits per heavy atom. The van der Waals surface area contributed by atoms with E-state index in [0.29, 0.717) is 18.7 Å². The van der Waals surface area contributed by atoms with Gasteiger partial charge in [-0.1, -0.05) is 6.92 Å². The van der Waals surface area contributed by atoms with E-state index in [4.69, 9.17) is 0 Å². The van der Waals surface area contributed by atoms with Crippen molar-refractivity contribution in [2.75, 3.05) is 13.1 Å². The Morgan fingerprint density at radius 2 is 2.06 bits per heavy atom. The number of hydrogen-bond acceptors (Lipinski definition) is 4. The van der Waals surface area contributed by atoms with Crippen LogP contribution >= 0.6 is 0 Å². The summed E-state index contributed by atoms with van der Waals surface area (Å²) in [5.41, 5.74) is 2.54. The van der Waals surface area contributed by atoms with Gasteiger partial charge in [-0.3, -0.25) is 14.4 Å². The number of nitrogens with zero attached hydrogens (tertiary/aromatic N) is 1. The Balaban J connectivity index is 2.21. The number of nitrogens with one attached hydrogen (secondary N) is 3. The van der Waals surface area contributed by atoms with E-state index in [0.717, 1.165) is 6.42 Å². The lowest BCUT2D eigenvalue weighted by molar-refractivity contribution is -0.121. The van der Waals surface area contributed by atoms with Gasteiger partial charge in [-0.05, 0) is 6.42 Å². The first-order valence-electron chi connectivity index (χ1n) is 6.03. The molecule has 0 atom stereocenters. The first-order valence-corrected chi connectivity index (χ1v) is 6.03. The average molecular weight is 254 g/mol. The zero-order chi connectivity index (χ0) is 13.4. The van der Waals surface area contributed by atoms with Gasteiger partial charge in [0.05, 0.1) is 0 Å². The molecule has 0 saturated carbocycles. The molecule has 100 valence electrons. The summed E-state index contributed by atoms with van der Waals surface area (Å²) >= 11 is 0. The van der Waals surface area contributed by atoms with Crippen LogP contribution < -0.4 is 16.1 Å². The quantitative estimate of drug-likeness (QED) is 0.583. The first-order chi connectivity index (χ1) is 8.63. The summed E-state index contributed by atoms with van der Waals surface area (Å²) in [7, 11) is 0. The maximum Gasteiger partial charge on any atom is 0.267 e. The topological polar surface area (TPSA) is 99.7 Å². The van der Waals surface area contributed by atoms with Crippen molar-refractivity contribution in [1.82, 2.24) is 16.1 Å². The van der Waals surface area contributed by atoms with Crippen LogP contribution in [0.1, 0.15) is 32.6 Å². The van der Waals surface area contributed by atoms with Gasteiger partial charge < -0.3 is 10.6 Å². The molecule has 0 spiro atoms. The van der Waals surface area contributed by atoms with Gasteiger partial charge >= 0.3 is 0 Å². The van der Waals surface area contributed by atoms with Crippen LogP contribution in [0.4, 0.5) is 0 Å². The molecule has 0 unspecified atom stereocenters. The van der Waals surface area contributed by atoms with E-state index in [-0.39, 0.29) is 37.1 Å². The predicted molar refractivity (Wildman–Crippen MR) is 65.7 cm³/mol. The Labute approximate surface area is 105 Å². The van der Waals surface area contributed by atoms with Crippen LogP contribution in [0, 0.1) is 0 Å². The summed E-state index contributed by atoms with van der Waals surface area (Å²) < 4.78 is 0. The van der Waals surface area contributed by atoms with Crippen LogP contribution in [-0.2, 0) is 14.4 Å². The molecule has 1 aliphatic heterocycles. The number of hydrogen-bond donors (Lipinski definition) is 3. The van der Waals surface area contributed by atoms with E-state index in [2.05, 4.69) is 21.2 Å². The van der Waals surface area contributed by atoms with E-state index < -0.39 is 0 Å². The second-order valence-corrected chi connectivity index (χ2v) is 3.95. The summed E-state index contributed by atoms with van der Waals surface area (Å²) in [5, 5.41) is 8.97. The Kier molecular flexibility index (Phi) is 5.83. The van der Waals surface area contributed by atoms with Crippen molar-refractivity contribution in [2.24, 2.45) is 5.10 Å². The highest BCUT2D eigenvalue weighted by Gasteiger charge is 2.17. The molecule has 0 aromatic carbocycles. The van der Waals surface area contributed by atoms with Crippen molar-refractivity contribution in [1.29, 1.82) is 0 Å². The fourth-order valence-electron chi connectivity index (χ4n) is 1.38. The average Bonchev–Trinajstić information content (AvgIpc) is 2.37. The van der Waals surface area contributed by atoms with Crippen LogP contribution in [0.3, 0.4) is 0 Å². The van der Waals surface area contributed by atoms with Crippen molar-refractivity contribution in [3.8, 4) is 0 Å². The third-order valence-corrected chi connectivity index (χ3v) is 2.38. The van der Waals surface area contributed by atoms with Gasteiger partial charge in [0.2, 0.25) is 11.8 Å². The van der Waals surface area contributed by atoms with Gasteiger partial charge in [0.25, 0.3) is 5.91 Å². The zero-order valence-corrected chi connectivity index (χ0v) is 10.4. The molecular formula is C11H18N4O3. The normalized spacial score (nSPS) is 14.5. The van der Waals surface area contributed by atoms with Gasteiger partial charge in [0, 0.05) is 32.4 Å². The molecule has 7 nitrogen and oxygen atoms in total. The van der Waals surface area contributed by atoms with Gasteiger partial charge in [0.15, 0.2) is 0 Å². The maximum absolute atomic E-state index is 11.6. The molecule has 0 aromatic heterocycles. The SMILES string of the molecule is CCCNC(=O)CCNC(=O)C1=NNC(=O)CC1. The standard InChI is InChI=1S/C11H18N4O3/c1-2-6-12-9(16)5-7-13-11(18)8-3-4-10(17)15-14-8/h2-7H2,1H3,(H,12,16)(H,13,18)(H,15,17). The molecule has 1 rings (SSSR count). The van der Waals surface area contributed by atoms with Crippen LogP contribution in [0.25, 0.3) is 0 Å². The van der Waals surface area contributed by atoms with Gasteiger partial charge in [-0.15, -0.1) is 0 Å². The number of rotatable bonds is 6. The summed E-state index contributed by atoms with van der Waals surface area (Å²) in [4.78, 5) is 33.7. The van der Waals surface area contributed by atoms with Crippen molar-refractivity contribution in [3.63, 3.8) is 0 Å². The fraction of sp³-hybridized carbons (Fsp3) is 0.636. The zero-order valence-electron chi connectivity index (χ0n) is 10.4. The van der Waals surface area contributed by atoms with E-state index in [1.807, 2.05) is 6.92 Å². The van der Waals surface area contributed by atoms with Gasteiger partial charge in [-0.25, -0.2) is 5.43 Å². The van der Waals surface area contributed by atoms with E-state index >= 15 is 0 Å². The Bertz CT molecular complexity index is 365. The lowest BCUT2D eigenvalue weighted by atomic mass is 10.1. The molecule has 0 aliphatic carbocycles. The molecule has 0 radical (unpaired) electrons. The van der Waals surface area contributed by atoms with Crippen LogP contribution in [0.5, 0.6) is 0 Å². The minimum absolute atomic E-state index is 0.0870. The third kappa shape index (κ3) is 4.94. The lowest BCUT2D eigenvalue weighted by Gasteiger charge is -2.11. The molecular weight excluding hydrogens is 236 g/mol. The molecule has 3 amide bonds. The molecule has 3 N–H and O–H groups in total. The fourth-order valence-corrected chi connectivity index (χ4v) is 1.38. The minimum atomic E-state index is -0.335. The molecule has 0 bridgehead atoms. The van der Waals surface area contributed by atoms with Gasteiger partial charge in [0.1, 0.15) is 5.71 Å². The second kappa shape index (κ2) is 7.41. The Hall–Kier alpha value is -1.92. The summed E-state index contributed by atoms with van der Waals surface area (Å²) in [6.45, 7) is 2.88. The predicted octanol–water partition coefficient (Wildman–Crippen LogP) is -0.715. The monoisotopic (exact) mass is 254 g/mol. The van der Waals surface area contributed by atoms with Crippen LogP contribution in [0.15, 0.2) is 5.10 Å². The molecule has 18 heavy (non-hydrogen) atoms. The van der Waals surface area contributed by atoms with Gasteiger partial charge in [-0.2, -0.15) is 5.10 Å². The van der Waals surface area contributed by atoms with Crippen molar-refractivity contribution < 1.29 is 14.4 Å². The molecule has 1 heterocycles. The largest absolute Gasteiger partial charge is 0.356 e. The number of hydrazone groups is 1. The molecule has 0 fully saturated rings. The number of amides is 3. The lowest BCUT2D eigenvalue weighted by Crippen LogP contribution is -2.38. The Morgan fingerprint density at radius 1 is 1.28 bits per heavy atom. The van der Waals surface area contributed by atoms with E-state index in [9.17, 15) is 14.4 Å². The van der Waals surface area contributed by atoms with Crippen molar-refractivity contribution >= 4 is 23.4 Å². The highest BCUT2D eigenvalue weighted by Crippen LogP contribution is 1.99.